The van der Waals surface area contributed by atoms with E-state index in [1.54, 1.807) is 4.90 Å². The van der Waals surface area contributed by atoms with Gasteiger partial charge in [-0.15, -0.1) is 0 Å². The van der Waals surface area contributed by atoms with Crippen LogP contribution in [0.3, 0.4) is 0 Å². The highest BCUT2D eigenvalue weighted by molar-refractivity contribution is 8.14. The van der Waals surface area contributed by atoms with E-state index >= 15 is 0 Å². The molecule has 3 rings (SSSR count). The van der Waals surface area contributed by atoms with Crippen molar-refractivity contribution in [1.82, 2.24) is 9.80 Å². The topological polar surface area (TPSA) is 66.9 Å². The number of amides is 3. The maximum Gasteiger partial charge on any atom is 0.289 e. The number of aryl methyl sites for hydroxylation is 1. The van der Waals surface area contributed by atoms with Gasteiger partial charge in [0, 0.05) is 19.5 Å². The van der Waals surface area contributed by atoms with Crippen LogP contribution in [-0.4, -0.2) is 58.3 Å². The average molecular weight is 362 g/mol. The van der Waals surface area contributed by atoms with Gasteiger partial charge in [0.1, 0.15) is 5.75 Å². The normalized spacial score (nSPS) is 17.8. The average Bonchev–Trinajstić information content (AvgIpc) is 2.90. The molecule has 0 aromatic heterocycles. The van der Waals surface area contributed by atoms with Gasteiger partial charge in [0.25, 0.3) is 5.24 Å². The van der Waals surface area contributed by atoms with Crippen molar-refractivity contribution in [3.8, 4) is 5.75 Å². The molecular formula is C18H22N2O4S. The summed E-state index contributed by atoms with van der Waals surface area (Å²) in [4.78, 5) is 38.6. The molecule has 25 heavy (non-hydrogen) atoms. The van der Waals surface area contributed by atoms with E-state index in [2.05, 4.69) is 6.92 Å². The van der Waals surface area contributed by atoms with Gasteiger partial charge in [-0.25, -0.2) is 0 Å². The first kappa shape index (κ1) is 17.8. The number of imide groups is 1. The minimum atomic E-state index is -0.188. The Balaban J connectivity index is 1.42. The van der Waals surface area contributed by atoms with E-state index < -0.39 is 0 Å². The van der Waals surface area contributed by atoms with E-state index in [-0.39, 0.29) is 28.8 Å². The number of ether oxygens (including phenoxy) is 1. The minimum Gasteiger partial charge on any atom is -0.494 e. The summed E-state index contributed by atoms with van der Waals surface area (Å²) in [5, 5.41) is -0.188. The molecule has 1 aromatic rings. The molecule has 2 fully saturated rings. The summed E-state index contributed by atoms with van der Waals surface area (Å²) in [5.74, 6) is 0.994. The zero-order valence-electron chi connectivity index (χ0n) is 14.3. The number of hydrogen-bond acceptors (Lipinski definition) is 5. The second-order valence-electron chi connectivity index (χ2n) is 6.26. The standard InChI is InChI=1S/C18H22N2O4S/c1-2-9-24-15-6-3-13(4-7-15)5-8-16(21)19-10-14(11-19)20-17(22)12-25-18(20)23/h3-4,6-7,14H,2,5,8-12H2,1H3. The molecule has 0 N–H and O–H groups in total. The number of carbonyl (C=O) groups excluding carboxylic acids is 3. The van der Waals surface area contributed by atoms with E-state index in [9.17, 15) is 14.4 Å². The van der Waals surface area contributed by atoms with E-state index in [0.29, 0.717) is 32.5 Å². The fraction of sp³-hybridized carbons (Fsp3) is 0.500. The molecule has 2 saturated heterocycles. The van der Waals surface area contributed by atoms with Crippen molar-refractivity contribution in [2.24, 2.45) is 0 Å². The van der Waals surface area contributed by atoms with Crippen molar-refractivity contribution in [3.05, 3.63) is 29.8 Å². The van der Waals surface area contributed by atoms with Gasteiger partial charge >= 0.3 is 0 Å². The first-order valence-electron chi connectivity index (χ1n) is 8.57. The van der Waals surface area contributed by atoms with Crippen LogP contribution in [0.2, 0.25) is 0 Å². The molecule has 0 aliphatic carbocycles. The van der Waals surface area contributed by atoms with Crippen LogP contribution in [0.25, 0.3) is 0 Å². The monoisotopic (exact) mass is 362 g/mol. The van der Waals surface area contributed by atoms with E-state index in [1.807, 2.05) is 24.3 Å². The van der Waals surface area contributed by atoms with Gasteiger partial charge in [-0.3, -0.25) is 19.3 Å². The SMILES string of the molecule is CCCOc1ccc(CCC(=O)N2CC(N3C(=O)CSC3=O)C2)cc1. The predicted molar refractivity (Wildman–Crippen MR) is 95.6 cm³/mol. The van der Waals surface area contributed by atoms with Crippen LogP contribution in [-0.2, 0) is 16.0 Å². The Morgan fingerprint density at radius 1 is 1.24 bits per heavy atom. The van der Waals surface area contributed by atoms with Crippen molar-refractivity contribution in [1.29, 1.82) is 0 Å². The summed E-state index contributed by atoms with van der Waals surface area (Å²) in [6.07, 6.45) is 2.07. The number of thioether (sulfide) groups is 1. The quantitative estimate of drug-likeness (QED) is 0.745. The summed E-state index contributed by atoms with van der Waals surface area (Å²) in [6.45, 7) is 3.69. The summed E-state index contributed by atoms with van der Waals surface area (Å²) < 4.78 is 5.54. The first-order valence-corrected chi connectivity index (χ1v) is 9.55. The highest BCUT2D eigenvalue weighted by Gasteiger charge is 2.43. The van der Waals surface area contributed by atoms with Crippen LogP contribution in [0.1, 0.15) is 25.3 Å². The van der Waals surface area contributed by atoms with Gasteiger partial charge in [-0.2, -0.15) is 0 Å². The fourth-order valence-electron chi connectivity index (χ4n) is 2.92. The molecule has 0 bridgehead atoms. The number of nitrogens with zero attached hydrogens (tertiary/aromatic N) is 2. The molecule has 2 aliphatic heterocycles. The molecule has 2 aliphatic rings. The third kappa shape index (κ3) is 4.15. The van der Waals surface area contributed by atoms with Crippen LogP contribution < -0.4 is 4.74 Å². The second-order valence-corrected chi connectivity index (χ2v) is 7.19. The van der Waals surface area contributed by atoms with E-state index in [4.69, 9.17) is 4.74 Å². The molecule has 6 nitrogen and oxygen atoms in total. The number of rotatable bonds is 7. The van der Waals surface area contributed by atoms with Gasteiger partial charge in [-0.05, 0) is 30.5 Å². The Morgan fingerprint density at radius 2 is 1.96 bits per heavy atom. The van der Waals surface area contributed by atoms with Crippen LogP contribution >= 0.6 is 11.8 Å². The van der Waals surface area contributed by atoms with Gasteiger partial charge in [-0.1, -0.05) is 30.8 Å². The molecule has 0 spiro atoms. The third-order valence-electron chi connectivity index (χ3n) is 4.39. The molecule has 3 amide bonds. The van der Waals surface area contributed by atoms with Crippen molar-refractivity contribution in [3.63, 3.8) is 0 Å². The summed E-state index contributed by atoms with van der Waals surface area (Å²) >= 11 is 1.04. The third-order valence-corrected chi connectivity index (χ3v) is 5.22. The lowest BCUT2D eigenvalue weighted by atomic mass is 10.0. The van der Waals surface area contributed by atoms with Crippen LogP contribution in [0.5, 0.6) is 5.75 Å². The largest absolute Gasteiger partial charge is 0.494 e. The molecular weight excluding hydrogens is 340 g/mol. The van der Waals surface area contributed by atoms with Crippen molar-refractivity contribution in [2.45, 2.75) is 32.2 Å². The molecule has 0 saturated carbocycles. The Morgan fingerprint density at radius 3 is 2.56 bits per heavy atom. The van der Waals surface area contributed by atoms with E-state index in [0.717, 1.165) is 29.5 Å². The first-order chi connectivity index (χ1) is 12.1. The Kier molecular flexibility index (Phi) is 5.63. The number of benzene rings is 1. The molecule has 0 unspecified atom stereocenters. The lowest BCUT2D eigenvalue weighted by Gasteiger charge is -2.42. The van der Waals surface area contributed by atoms with Gasteiger partial charge < -0.3 is 9.64 Å². The highest BCUT2D eigenvalue weighted by atomic mass is 32.2. The second kappa shape index (κ2) is 7.91. The van der Waals surface area contributed by atoms with Gasteiger partial charge in [0.2, 0.25) is 11.8 Å². The van der Waals surface area contributed by atoms with Crippen molar-refractivity contribution in [2.75, 3.05) is 25.4 Å². The highest BCUT2D eigenvalue weighted by Crippen LogP contribution is 2.26. The van der Waals surface area contributed by atoms with Crippen LogP contribution in [0.4, 0.5) is 4.79 Å². The maximum absolute atomic E-state index is 12.2. The Bertz CT molecular complexity index is 640. The van der Waals surface area contributed by atoms with Crippen molar-refractivity contribution < 1.29 is 19.1 Å². The smallest absolute Gasteiger partial charge is 0.289 e. The Hall–Kier alpha value is -2.02. The summed E-state index contributed by atoms with van der Waals surface area (Å²) in [7, 11) is 0. The minimum absolute atomic E-state index is 0.0642. The maximum atomic E-state index is 12.2. The lowest BCUT2D eigenvalue weighted by molar-refractivity contribution is -0.142. The van der Waals surface area contributed by atoms with Gasteiger partial charge in [0.15, 0.2) is 0 Å². The van der Waals surface area contributed by atoms with Gasteiger partial charge in [0.05, 0.1) is 18.4 Å². The molecule has 2 heterocycles. The number of hydrogen-bond donors (Lipinski definition) is 0. The van der Waals surface area contributed by atoms with Crippen molar-refractivity contribution >= 4 is 28.8 Å². The van der Waals surface area contributed by atoms with Crippen LogP contribution in [0.15, 0.2) is 24.3 Å². The predicted octanol–water partition coefficient (Wildman–Crippen LogP) is 2.31. The summed E-state index contributed by atoms with van der Waals surface area (Å²) in [6, 6.07) is 7.68. The molecule has 0 radical (unpaired) electrons. The zero-order valence-corrected chi connectivity index (χ0v) is 15.1. The Labute approximate surface area is 151 Å². The van der Waals surface area contributed by atoms with Crippen LogP contribution in [0, 0.1) is 0 Å². The number of likely N-dealkylation sites (tertiary alicyclic amines) is 1. The zero-order chi connectivity index (χ0) is 17.8. The molecule has 134 valence electrons. The van der Waals surface area contributed by atoms with E-state index in [1.165, 1.54) is 4.90 Å². The molecule has 7 heteroatoms. The number of carbonyl (C=O) groups is 3. The molecule has 1 aromatic carbocycles. The fourth-order valence-corrected chi connectivity index (χ4v) is 3.70. The molecule has 0 atom stereocenters. The lowest BCUT2D eigenvalue weighted by Crippen LogP contribution is -2.62. The summed E-state index contributed by atoms with van der Waals surface area (Å²) in [5.41, 5.74) is 1.09.